The first-order chi connectivity index (χ1) is 9.91. The van der Waals surface area contributed by atoms with Crippen LogP contribution >= 0.6 is 15.9 Å². The highest BCUT2D eigenvalue weighted by molar-refractivity contribution is 9.10. The van der Waals surface area contributed by atoms with Crippen molar-refractivity contribution in [2.45, 2.75) is 6.54 Å². The molecule has 0 atom stereocenters. The van der Waals surface area contributed by atoms with Crippen LogP contribution in [0.15, 0.2) is 28.9 Å². The summed E-state index contributed by atoms with van der Waals surface area (Å²) in [7, 11) is 3.79. The number of hydrogen-bond donors (Lipinski definition) is 0. The van der Waals surface area contributed by atoms with E-state index in [1.807, 2.05) is 19.0 Å². The van der Waals surface area contributed by atoms with Crippen molar-refractivity contribution in [3.63, 3.8) is 0 Å². The maximum atomic E-state index is 13.8. The zero-order chi connectivity index (χ0) is 15.6. The average molecular weight is 358 g/mol. The van der Waals surface area contributed by atoms with Gasteiger partial charge in [0.15, 0.2) is 11.6 Å². The van der Waals surface area contributed by atoms with Gasteiger partial charge in [0, 0.05) is 6.54 Å². The summed E-state index contributed by atoms with van der Waals surface area (Å²) in [5.41, 5.74) is -0.0938. The van der Waals surface area contributed by atoms with Gasteiger partial charge in [0.1, 0.15) is 5.69 Å². The normalized spacial score (nSPS) is 11.1. The second-order valence-electron chi connectivity index (χ2n) is 4.80. The van der Waals surface area contributed by atoms with Crippen LogP contribution < -0.4 is 0 Å². The van der Waals surface area contributed by atoms with Crippen molar-refractivity contribution in [3.8, 4) is 0 Å². The Morgan fingerprint density at radius 3 is 2.76 bits per heavy atom. The van der Waals surface area contributed by atoms with Crippen molar-refractivity contribution in [1.82, 2.24) is 14.7 Å². The molecule has 0 aliphatic carbocycles. The number of halogens is 3. The monoisotopic (exact) mass is 357 g/mol. The van der Waals surface area contributed by atoms with Gasteiger partial charge in [-0.05, 0) is 42.2 Å². The average Bonchev–Trinajstić information content (AvgIpc) is 2.80. The van der Waals surface area contributed by atoms with Crippen LogP contribution in [0.1, 0.15) is 16.1 Å². The first-order valence-electron chi connectivity index (χ1n) is 6.26. The Hall–Kier alpha value is -1.60. The minimum atomic E-state index is -1.14. The molecule has 0 amide bonds. The standard InChI is InChI=1S/C14H14BrF2N3O/c1-19(2)6-7-20-13(10(15)8-18-20)14(21)9-4-3-5-11(16)12(9)17/h3-5,8H,6-7H2,1-2H3. The van der Waals surface area contributed by atoms with E-state index in [4.69, 9.17) is 0 Å². The van der Waals surface area contributed by atoms with Gasteiger partial charge in [-0.15, -0.1) is 0 Å². The fourth-order valence-corrected chi connectivity index (χ4v) is 2.34. The van der Waals surface area contributed by atoms with Crippen LogP contribution in [0, 0.1) is 11.6 Å². The third-order valence-corrected chi connectivity index (χ3v) is 3.55. The van der Waals surface area contributed by atoms with Crippen LogP contribution in [0.3, 0.4) is 0 Å². The maximum absolute atomic E-state index is 13.8. The molecule has 0 aliphatic heterocycles. The van der Waals surface area contributed by atoms with Gasteiger partial charge in [-0.1, -0.05) is 6.07 Å². The van der Waals surface area contributed by atoms with E-state index in [9.17, 15) is 13.6 Å². The van der Waals surface area contributed by atoms with E-state index in [0.29, 0.717) is 17.6 Å². The molecule has 0 fully saturated rings. The van der Waals surface area contributed by atoms with Crippen LogP contribution in [0.2, 0.25) is 0 Å². The lowest BCUT2D eigenvalue weighted by Gasteiger charge is -2.12. The lowest BCUT2D eigenvalue weighted by atomic mass is 10.1. The summed E-state index contributed by atoms with van der Waals surface area (Å²) < 4.78 is 29.0. The summed E-state index contributed by atoms with van der Waals surface area (Å²) in [6.45, 7) is 1.14. The van der Waals surface area contributed by atoms with Crippen molar-refractivity contribution < 1.29 is 13.6 Å². The van der Waals surface area contributed by atoms with Gasteiger partial charge in [-0.25, -0.2) is 8.78 Å². The Morgan fingerprint density at radius 2 is 2.10 bits per heavy atom. The zero-order valence-electron chi connectivity index (χ0n) is 11.6. The second kappa shape index (κ2) is 6.44. The van der Waals surface area contributed by atoms with E-state index in [0.717, 1.165) is 6.07 Å². The number of hydrogen-bond acceptors (Lipinski definition) is 3. The highest BCUT2D eigenvalue weighted by atomic mass is 79.9. The number of rotatable bonds is 5. The Labute approximate surface area is 129 Å². The first-order valence-corrected chi connectivity index (χ1v) is 7.06. The largest absolute Gasteiger partial charge is 0.308 e. The zero-order valence-corrected chi connectivity index (χ0v) is 13.2. The van der Waals surface area contributed by atoms with Crippen molar-refractivity contribution >= 4 is 21.7 Å². The van der Waals surface area contributed by atoms with E-state index < -0.39 is 17.4 Å². The summed E-state index contributed by atoms with van der Waals surface area (Å²) in [6, 6.07) is 3.54. The van der Waals surface area contributed by atoms with E-state index in [2.05, 4.69) is 21.0 Å². The molecular weight excluding hydrogens is 344 g/mol. The topological polar surface area (TPSA) is 38.1 Å². The third kappa shape index (κ3) is 3.36. The smallest absolute Gasteiger partial charge is 0.215 e. The molecule has 0 saturated heterocycles. The molecule has 0 N–H and O–H groups in total. The van der Waals surface area contributed by atoms with E-state index in [1.165, 1.54) is 23.0 Å². The molecule has 0 radical (unpaired) electrons. The Balaban J connectivity index is 2.39. The molecule has 0 bridgehead atoms. The SMILES string of the molecule is CN(C)CCn1ncc(Br)c1C(=O)c1cccc(F)c1F. The van der Waals surface area contributed by atoms with E-state index in [-0.39, 0.29) is 11.3 Å². The highest BCUT2D eigenvalue weighted by Gasteiger charge is 2.23. The number of ketones is 1. The van der Waals surface area contributed by atoms with Crippen molar-refractivity contribution in [3.05, 3.63) is 51.8 Å². The minimum Gasteiger partial charge on any atom is -0.308 e. The first kappa shape index (κ1) is 15.8. The molecule has 2 aromatic rings. The molecule has 0 unspecified atom stereocenters. The van der Waals surface area contributed by atoms with Crippen LogP contribution in [0.25, 0.3) is 0 Å². The Bertz CT molecular complexity index is 670. The van der Waals surface area contributed by atoms with E-state index >= 15 is 0 Å². The third-order valence-electron chi connectivity index (χ3n) is 2.97. The molecule has 7 heteroatoms. The number of benzene rings is 1. The van der Waals surface area contributed by atoms with Gasteiger partial charge in [0.2, 0.25) is 5.78 Å². The number of carbonyl (C=O) groups excluding carboxylic acids is 1. The second-order valence-corrected chi connectivity index (χ2v) is 5.65. The van der Waals surface area contributed by atoms with Crippen LogP contribution in [0.4, 0.5) is 8.78 Å². The summed E-state index contributed by atoms with van der Waals surface area (Å²) in [5.74, 6) is -2.79. The van der Waals surface area contributed by atoms with Crippen molar-refractivity contribution in [2.24, 2.45) is 0 Å². The number of likely N-dealkylation sites (N-methyl/N-ethyl adjacent to an activating group) is 1. The van der Waals surface area contributed by atoms with Crippen molar-refractivity contribution in [1.29, 1.82) is 0 Å². The molecule has 4 nitrogen and oxygen atoms in total. The predicted octanol–water partition coefficient (Wildman–Crippen LogP) is 2.72. The van der Waals surface area contributed by atoms with Gasteiger partial charge < -0.3 is 4.90 Å². The Morgan fingerprint density at radius 1 is 1.38 bits per heavy atom. The molecule has 1 aromatic heterocycles. The number of carbonyl (C=O) groups is 1. The van der Waals surface area contributed by atoms with Gasteiger partial charge in [0.05, 0.1) is 22.8 Å². The summed E-state index contributed by atoms with van der Waals surface area (Å²) in [4.78, 5) is 14.4. The summed E-state index contributed by atoms with van der Waals surface area (Å²) in [5, 5.41) is 4.09. The van der Waals surface area contributed by atoms with Gasteiger partial charge >= 0.3 is 0 Å². The molecule has 21 heavy (non-hydrogen) atoms. The van der Waals surface area contributed by atoms with Crippen LogP contribution in [-0.4, -0.2) is 41.1 Å². The number of nitrogens with zero attached hydrogens (tertiary/aromatic N) is 3. The fraction of sp³-hybridized carbons (Fsp3) is 0.286. The molecule has 0 spiro atoms. The molecule has 2 rings (SSSR count). The summed E-state index contributed by atoms with van der Waals surface area (Å²) in [6.07, 6.45) is 1.47. The molecule has 1 aromatic carbocycles. The lowest BCUT2D eigenvalue weighted by Crippen LogP contribution is -2.22. The van der Waals surface area contributed by atoms with Gasteiger partial charge in [-0.2, -0.15) is 5.10 Å². The molecule has 0 aliphatic rings. The fourth-order valence-electron chi connectivity index (χ4n) is 1.86. The van der Waals surface area contributed by atoms with E-state index in [1.54, 1.807) is 0 Å². The van der Waals surface area contributed by atoms with Crippen molar-refractivity contribution in [2.75, 3.05) is 20.6 Å². The summed E-state index contributed by atoms with van der Waals surface area (Å²) >= 11 is 3.23. The van der Waals surface area contributed by atoms with Gasteiger partial charge in [-0.3, -0.25) is 9.48 Å². The molecular formula is C14H14BrF2N3O. The number of aromatic nitrogens is 2. The molecule has 1 heterocycles. The minimum absolute atomic E-state index is 0.210. The quantitative estimate of drug-likeness (QED) is 0.772. The maximum Gasteiger partial charge on any atom is 0.215 e. The Kier molecular flexibility index (Phi) is 4.84. The van der Waals surface area contributed by atoms with Crippen LogP contribution in [0.5, 0.6) is 0 Å². The predicted molar refractivity (Wildman–Crippen MR) is 78.3 cm³/mol. The van der Waals surface area contributed by atoms with Gasteiger partial charge in [0.25, 0.3) is 0 Å². The van der Waals surface area contributed by atoms with Crippen LogP contribution in [-0.2, 0) is 6.54 Å². The molecule has 112 valence electrons. The highest BCUT2D eigenvalue weighted by Crippen LogP contribution is 2.22. The molecule has 0 saturated carbocycles. The lowest BCUT2D eigenvalue weighted by molar-refractivity contribution is 0.102.